The molecule has 0 spiro atoms. The molecule has 1 aromatic carbocycles. The van der Waals surface area contributed by atoms with Gasteiger partial charge in [0, 0.05) is 45.2 Å². The number of nitrogens with one attached hydrogen (secondary N) is 2. The average molecular weight is 482 g/mol. The number of likely N-dealkylation sites (tertiary alicyclic amines) is 1. The zero-order chi connectivity index (χ0) is 18.2. The van der Waals surface area contributed by atoms with Gasteiger partial charge in [0.15, 0.2) is 5.96 Å². The lowest BCUT2D eigenvalue weighted by Crippen LogP contribution is -2.49. The van der Waals surface area contributed by atoms with Gasteiger partial charge in [-0.2, -0.15) is 0 Å². The highest BCUT2D eigenvalue weighted by atomic mass is 127. The topological polar surface area (TPSA) is 52.8 Å². The molecule has 6 heteroatoms. The first-order chi connectivity index (χ1) is 12.8. The Morgan fingerprint density at radius 1 is 1.19 bits per heavy atom. The van der Waals surface area contributed by atoms with Gasteiger partial charge < -0.3 is 15.1 Å². The van der Waals surface area contributed by atoms with Gasteiger partial charge in [0.05, 0.1) is 6.26 Å². The van der Waals surface area contributed by atoms with E-state index in [9.17, 15) is 0 Å². The molecule has 1 aliphatic rings. The monoisotopic (exact) mass is 482 g/mol. The fourth-order valence-corrected chi connectivity index (χ4v) is 3.52. The van der Waals surface area contributed by atoms with Crippen molar-refractivity contribution in [2.75, 3.05) is 26.7 Å². The van der Waals surface area contributed by atoms with Crippen LogP contribution in [-0.2, 0) is 6.42 Å². The molecule has 1 aliphatic heterocycles. The number of benzene rings is 1. The zero-order valence-corrected chi connectivity index (χ0v) is 18.6. The molecule has 1 atom stereocenters. The molecule has 27 heavy (non-hydrogen) atoms. The van der Waals surface area contributed by atoms with Crippen LogP contribution in [0, 0.1) is 0 Å². The molecule has 0 radical (unpaired) electrons. The third kappa shape index (κ3) is 6.53. The molecule has 0 bridgehead atoms. The zero-order valence-electron chi connectivity index (χ0n) is 16.2. The van der Waals surface area contributed by atoms with E-state index in [0.29, 0.717) is 12.1 Å². The number of rotatable bonds is 6. The van der Waals surface area contributed by atoms with Crippen molar-refractivity contribution in [2.24, 2.45) is 4.99 Å². The molecule has 2 aromatic rings. The minimum atomic E-state index is 0. The van der Waals surface area contributed by atoms with Gasteiger partial charge in [-0.15, -0.1) is 24.0 Å². The summed E-state index contributed by atoms with van der Waals surface area (Å²) in [4.78, 5) is 6.92. The summed E-state index contributed by atoms with van der Waals surface area (Å²) in [5.41, 5.74) is 1.40. The molecule has 1 fully saturated rings. The highest BCUT2D eigenvalue weighted by molar-refractivity contribution is 14.0. The van der Waals surface area contributed by atoms with Crippen LogP contribution in [0.25, 0.3) is 0 Å². The van der Waals surface area contributed by atoms with Crippen LogP contribution in [0.15, 0.2) is 58.1 Å². The fraction of sp³-hybridized carbons (Fsp3) is 0.476. The van der Waals surface area contributed by atoms with Crippen LogP contribution in [0.5, 0.6) is 0 Å². The van der Waals surface area contributed by atoms with Crippen molar-refractivity contribution < 1.29 is 4.42 Å². The van der Waals surface area contributed by atoms with Gasteiger partial charge in [0.1, 0.15) is 5.76 Å². The molecule has 0 amide bonds. The van der Waals surface area contributed by atoms with Crippen LogP contribution in [0.1, 0.15) is 37.1 Å². The Bertz CT molecular complexity index is 667. The molecule has 2 heterocycles. The number of furan rings is 1. The smallest absolute Gasteiger partial charge is 0.191 e. The van der Waals surface area contributed by atoms with Gasteiger partial charge in [-0.3, -0.25) is 9.89 Å². The minimum Gasteiger partial charge on any atom is -0.469 e. The van der Waals surface area contributed by atoms with E-state index in [1.165, 1.54) is 5.56 Å². The highest BCUT2D eigenvalue weighted by Crippen LogP contribution is 2.23. The normalized spacial score (nSPS) is 17.2. The fourth-order valence-electron chi connectivity index (χ4n) is 3.52. The third-order valence-electron chi connectivity index (χ3n) is 5.17. The van der Waals surface area contributed by atoms with E-state index in [4.69, 9.17) is 4.42 Å². The maximum absolute atomic E-state index is 5.36. The predicted octanol–water partition coefficient (Wildman–Crippen LogP) is 3.83. The summed E-state index contributed by atoms with van der Waals surface area (Å²) in [5, 5.41) is 6.95. The van der Waals surface area contributed by atoms with Crippen LogP contribution in [0.4, 0.5) is 0 Å². The Morgan fingerprint density at radius 3 is 2.56 bits per heavy atom. The van der Waals surface area contributed by atoms with Gasteiger partial charge in [-0.25, -0.2) is 0 Å². The Labute approximate surface area is 179 Å². The van der Waals surface area contributed by atoms with Gasteiger partial charge in [-0.05, 0) is 37.5 Å². The Balaban J connectivity index is 0.00000261. The van der Waals surface area contributed by atoms with E-state index in [2.05, 4.69) is 57.8 Å². The lowest BCUT2D eigenvalue weighted by molar-refractivity contribution is 0.158. The molecule has 1 unspecified atom stereocenters. The molecular formula is C21H31IN4O. The first-order valence-electron chi connectivity index (χ1n) is 9.55. The third-order valence-corrected chi connectivity index (χ3v) is 5.17. The molecule has 148 valence electrons. The summed E-state index contributed by atoms with van der Waals surface area (Å²) < 4.78 is 5.36. The summed E-state index contributed by atoms with van der Waals surface area (Å²) in [6, 6.07) is 15.6. The number of hydrogen-bond donors (Lipinski definition) is 2. The SMILES string of the molecule is CN=C(NCCc1ccco1)NC1CCN(C(C)c2ccccc2)CC1.I. The molecule has 1 aromatic heterocycles. The van der Waals surface area contributed by atoms with E-state index >= 15 is 0 Å². The van der Waals surface area contributed by atoms with Crippen molar-refractivity contribution >= 4 is 29.9 Å². The molecule has 5 nitrogen and oxygen atoms in total. The lowest BCUT2D eigenvalue weighted by Gasteiger charge is -2.37. The predicted molar refractivity (Wildman–Crippen MR) is 122 cm³/mol. The van der Waals surface area contributed by atoms with E-state index < -0.39 is 0 Å². The van der Waals surface area contributed by atoms with Crippen LogP contribution in [0.2, 0.25) is 0 Å². The van der Waals surface area contributed by atoms with Crippen molar-refractivity contribution in [3.8, 4) is 0 Å². The average Bonchev–Trinajstić information content (AvgIpc) is 3.21. The number of nitrogens with zero attached hydrogens (tertiary/aromatic N) is 2. The maximum atomic E-state index is 5.36. The van der Waals surface area contributed by atoms with Crippen molar-refractivity contribution in [3.63, 3.8) is 0 Å². The summed E-state index contributed by atoms with van der Waals surface area (Å²) >= 11 is 0. The van der Waals surface area contributed by atoms with E-state index in [1.807, 2.05) is 19.2 Å². The summed E-state index contributed by atoms with van der Waals surface area (Å²) in [7, 11) is 1.83. The van der Waals surface area contributed by atoms with E-state index in [0.717, 1.165) is 50.6 Å². The summed E-state index contributed by atoms with van der Waals surface area (Å²) in [5.74, 6) is 1.88. The maximum Gasteiger partial charge on any atom is 0.191 e. The summed E-state index contributed by atoms with van der Waals surface area (Å²) in [6.45, 7) is 5.34. The van der Waals surface area contributed by atoms with E-state index in [1.54, 1.807) is 6.26 Å². The van der Waals surface area contributed by atoms with Crippen molar-refractivity contribution in [1.29, 1.82) is 0 Å². The van der Waals surface area contributed by atoms with Crippen molar-refractivity contribution in [1.82, 2.24) is 15.5 Å². The lowest BCUT2D eigenvalue weighted by atomic mass is 10.0. The number of aliphatic imine (C=N–C) groups is 1. The van der Waals surface area contributed by atoms with Gasteiger partial charge in [0.2, 0.25) is 0 Å². The van der Waals surface area contributed by atoms with Gasteiger partial charge >= 0.3 is 0 Å². The Kier molecular flexibility index (Phi) is 9.14. The Hall–Kier alpha value is -1.54. The molecule has 0 aliphatic carbocycles. The van der Waals surface area contributed by atoms with Crippen LogP contribution >= 0.6 is 24.0 Å². The molecule has 3 rings (SSSR count). The van der Waals surface area contributed by atoms with Gasteiger partial charge in [-0.1, -0.05) is 30.3 Å². The van der Waals surface area contributed by atoms with Gasteiger partial charge in [0.25, 0.3) is 0 Å². The minimum absolute atomic E-state index is 0. The first kappa shape index (κ1) is 21.8. The second kappa shape index (κ2) is 11.3. The van der Waals surface area contributed by atoms with Crippen LogP contribution in [0.3, 0.4) is 0 Å². The number of piperidine rings is 1. The quantitative estimate of drug-likeness (QED) is 0.374. The molecular weight excluding hydrogens is 451 g/mol. The molecule has 1 saturated heterocycles. The number of halogens is 1. The molecule has 0 saturated carbocycles. The largest absolute Gasteiger partial charge is 0.469 e. The molecule has 2 N–H and O–H groups in total. The first-order valence-corrected chi connectivity index (χ1v) is 9.55. The number of guanidine groups is 1. The second-order valence-corrected chi connectivity index (χ2v) is 6.87. The Morgan fingerprint density at radius 2 is 1.93 bits per heavy atom. The van der Waals surface area contributed by atoms with Crippen molar-refractivity contribution in [3.05, 3.63) is 60.1 Å². The standard InChI is InChI=1S/C21H30N4O.HI/c1-17(18-7-4-3-5-8-18)25-14-11-19(12-15-25)24-21(22-2)23-13-10-20-9-6-16-26-20;/h3-9,16-17,19H,10-15H2,1-2H3,(H2,22,23,24);1H. The van der Waals surface area contributed by atoms with Crippen molar-refractivity contribution in [2.45, 2.75) is 38.3 Å². The second-order valence-electron chi connectivity index (χ2n) is 6.87. The van der Waals surface area contributed by atoms with Crippen LogP contribution in [-0.4, -0.2) is 43.6 Å². The number of hydrogen-bond acceptors (Lipinski definition) is 3. The van der Waals surface area contributed by atoms with Crippen LogP contribution < -0.4 is 10.6 Å². The summed E-state index contributed by atoms with van der Waals surface area (Å²) in [6.07, 6.45) is 4.85. The highest BCUT2D eigenvalue weighted by Gasteiger charge is 2.23. The van der Waals surface area contributed by atoms with E-state index in [-0.39, 0.29) is 24.0 Å².